The summed E-state index contributed by atoms with van der Waals surface area (Å²) in [6, 6.07) is 12.5. The molecule has 2 aromatic carbocycles. The zero-order chi connectivity index (χ0) is 26.7. The number of carbonyl (C=O) groups excluding carboxylic acids is 2. The van der Waals surface area contributed by atoms with Crippen LogP contribution in [0.1, 0.15) is 49.1 Å². The minimum absolute atomic E-state index is 0.0225. The first kappa shape index (κ1) is 25.8. The Bertz CT molecular complexity index is 1350. The molecule has 1 aliphatic rings. The molecule has 1 atom stereocenters. The number of pyridine rings is 1. The van der Waals surface area contributed by atoms with Crippen molar-refractivity contribution >= 4 is 17.4 Å². The van der Waals surface area contributed by atoms with Crippen molar-refractivity contribution in [2.75, 3.05) is 6.61 Å². The van der Waals surface area contributed by atoms with Gasteiger partial charge in [-0.1, -0.05) is 12.1 Å². The number of ether oxygens (including phenoxy) is 2. The van der Waals surface area contributed by atoms with Crippen molar-refractivity contribution in [2.24, 2.45) is 0 Å². The fourth-order valence-electron chi connectivity index (χ4n) is 4.44. The summed E-state index contributed by atoms with van der Waals surface area (Å²) >= 11 is 0. The Kier molecular flexibility index (Phi) is 7.47. The van der Waals surface area contributed by atoms with E-state index in [0.717, 1.165) is 5.56 Å². The van der Waals surface area contributed by atoms with Crippen LogP contribution in [0.15, 0.2) is 66.5 Å². The van der Waals surface area contributed by atoms with E-state index in [-0.39, 0.29) is 35.5 Å². The maximum absolute atomic E-state index is 13.4. The third-order valence-electron chi connectivity index (χ3n) is 6.04. The molecular formula is C29H30N2O6. The van der Waals surface area contributed by atoms with Gasteiger partial charge in [-0.15, -0.1) is 0 Å². The Labute approximate surface area is 215 Å². The number of ketones is 1. The van der Waals surface area contributed by atoms with Gasteiger partial charge in [0.2, 0.25) is 0 Å². The molecule has 1 fully saturated rings. The van der Waals surface area contributed by atoms with Gasteiger partial charge in [0, 0.05) is 24.5 Å². The topological polar surface area (TPSA) is 109 Å². The molecule has 0 unspecified atom stereocenters. The predicted molar refractivity (Wildman–Crippen MR) is 138 cm³/mol. The maximum atomic E-state index is 13.4. The molecule has 8 heteroatoms. The highest BCUT2D eigenvalue weighted by Gasteiger charge is 2.46. The van der Waals surface area contributed by atoms with Crippen molar-refractivity contribution in [3.05, 3.63) is 88.8 Å². The van der Waals surface area contributed by atoms with Crippen LogP contribution in [0.3, 0.4) is 0 Å². The van der Waals surface area contributed by atoms with E-state index in [1.807, 2.05) is 19.9 Å². The van der Waals surface area contributed by atoms with Crippen LogP contribution in [-0.2, 0) is 16.1 Å². The largest absolute Gasteiger partial charge is 0.507 e. The van der Waals surface area contributed by atoms with E-state index in [4.69, 9.17) is 9.47 Å². The highest BCUT2D eigenvalue weighted by molar-refractivity contribution is 6.46. The van der Waals surface area contributed by atoms with Gasteiger partial charge in [0.25, 0.3) is 11.7 Å². The number of amides is 1. The molecule has 0 radical (unpaired) electrons. The molecule has 0 spiro atoms. The average molecular weight is 503 g/mol. The molecule has 3 aromatic rings. The molecule has 0 bridgehead atoms. The van der Waals surface area contributed by atoms with Crippen LogP contribution in [0.4, 0.5) is 0 Å². The lowest BCUT2D eigenvalue weighted by atomic mass is 9.93. The van der Waals surface area contributed by atoms with Crippen LogP contribution >= 0.6 is 0 Å². The number of phenols is 1. The zero-order valence-corrected chi connectivity index (χ0v) is 21.3. The number of aliphatic hydroxyl groups is 1. The Morgan fingerprint density at radius 3 is 2.57 bits per heavy atom. The third kappa shape index (κ3) is 5.28. The van der Waals surface area contributed by atoms with Gasteiger partial charge >= 0.3 is 0 Å². The second kappa shape index (κ2) is 10.7. The Morgan fingerprint density at radius 1 is 1.14 bits per heavy atom. The number of hydrogen-bond acceptors (Lipinski definition) is 7. The fourth-order valence-corrected chi connectivity index (χ4v) is 4.44. The number of aromatic nitrogens is 1. The molecule has 1 amide bonds. The van der Waals surface area contributed by atoms with E-state index in [1.165, 1.54) is 11.0 Å². The van der Waals surface area contributed by atoms with Crippen LogP contribution in [0, 0.1) is 6.92 Å². The average Bonchev–Trinajstić information content (AvgIpc) is 3.10. The van der Waals surface area contributed by atoms with Gasteiger partial charge in [0.05, 0.1) is 24.3 Å². The first-order valence-electron chi connectivity index (χ1n) is 12.1. The molecule has 1 aliphatic heterocycles. The van der Waals surface area contributed by atoms with Gasteiger partial charge < -0.3 is 24.6 Å². The molecule has 192 valence electrons. The van der Waals surface area contributed by atoms with Crippen LogP contribution in [0.25, 0.3) is 5.76 Å². The summed E-state index contributed by atoms with van der Waals surface area (Å²) in [7, 11) is 0. The number of carbonyl (C=O) groups is 2. The van der Waals surface area contributed by atoms with Crippen molar-refractivity contribution < 1.29 is 29.3 Å². The van der Waals surface area contributed by atoms with E-state index < -0.39 is 17.7 Å². The maximum Gasteiger partial charge on any atom is 0.295 e. The van der Waals surface area contributed by atoms with E-state index in [1.54, 1.807) is 62.6 Å². The van der Waals surface area contributed by atoms with E-state index in [9.17, 15) is 19.8 Å². The highest BCUT2D eigenvalue weighted by atomic mass is 16.5. The van der Waals surface area contributed by atoms with Crippen LogP contribution in [0.5, 0.6) is 17.2 Å². The summed E-state index contributed by atoms with van der Waals surface area (Å²) < 4.78 is 11.3. The molecule has 2 heterocycles. The lowest BCUT2D eigenvalue weighted by molar-refractivity contribution is -0.140. The number of likely N-dealkylation sites (tertiary alicyclic amines) is 1. The SMILES string of the molecule is CCOc1cc([C@@H]2C(=C(O)c3ccc(OC(C)C)cc3C)C(=O)C(=O)N2Cc2cccnc2)ccc1O. The number of aryl methyl sites for hydroxylation is 1. The number of benzene rings is 2. The molecular weight excluding hydrogens is 472 g/mol. The van der Waals surface area contributed by atoms with Crippen molar-refractivity contribution in [2.45, 2.75) is 46.4 Å². The summed E-state index contributed by atoms with van der Waals surface area (Å²) in [4.78, 5) is 32.2. The third-order valence-corrected chi connectivity index (χ3v) is 6.04. The first-order valence-corrected chi connectivity index (χ1v) is 12.1. The normalized spacial score (nSPS) is 16.9. The van der Waals surface area contributed by atoms with Crippen molar-refractivity contribution in [1.29, 1.82) is 0 Å². The Balaban J connectivity index is 1.87. The second-order valence-corrected chi connectivity index (χ2v) is 9.09. The van der Waals surface area contributed by atoms with E-state index in [0.29, 0.717) is 29.0 Å². The smallest absolute Gasteiger partial charge is 0.295 e. The highest BCUT2D eigenvalue weighted by Crippen LogP contribution is 2.43. The summed E-state index contributed by atoms with van der Waals surface area (Å²) in [5.74, 6) is -1.02. The van der Waals surface area contributed by atoms with Gasteiger partial charge in [0.1, 0.15) is 11.5 Å². The van der Waals surface area contributed by atoms with Crippen LogP contribution in [0.2, 0.25) is 0 Å². The molecule has 1 aromatic heterocycles. The van der Waals surface area contributed by atoms with Gasteiger partial charge in [-0.2, -0.15) is 0 Å². The lowest BCUT2D eigenvalue weighted by Crippen LogP contribution is -2.29. The fraction of sp³-hybridized carbons (Fsp3) is 0.276. The number of nitrogens with zero attached hydrogens (tertiary/aromatic N) is 2. The number of hydrogen-bond donors (Lipinski definition) is 2. The minimum atomic E-state index is -0.911. The van der Waals surface area contributed by atoms with Gasteiger partial charge in [-0.3, -0.25) is 14.6 Å². The Morgan fingerprint density at radius 2 is 1.92 bits per heavy atom. The van der Waals surface area contributed by atoms with Gasteiger partial charge in [-0.05, 0) is 80.8 Å². The lowest BCUT2D eigenvalue weighted by Gasteiger charge is -2.26. The van der Waals surface area contributed by atoms with Crippen molar-refractivity contribution in [1.82, 2.24) is 9.88 Å². The predicted octanol–water partition coefficient (Wildman–Crippen LogP) is 4.90. The molecule has 2 N–H and O–H groups in total. The molecule has 1 saturated heterocycles. The number of rotatable bonds is 8. The van der Waals surface area contributed by atoms with Crippen LogP contribution in [-0.4, -0.2) is 44.5 Å². The van der Waals surface area contributed by atoms with Crippen molar-refractivity contribution in [3.8, 4) is 17.2 Å². The quantitative estimate of drug-likeness (QED) is 0.256. The summed E-state index contributed by atoms with van der Waals surface area (Å²) in [5.41, 5.74) is 2.31. The first-order chi connectivity index (χ1) is 17.7. The van der Waals surface area contributed by atoms with Crippen LogP contribution < -0.4 is 9.47 Å². The van der Waals surface area contributed by atoms with Gasteiger partial charge in [-0.25, -0.2) is 0 Å². The van der Waals surface area contributed by atoms with Gasteiger partial charge in [0.15, 0.2) is 11.5 Å². The van der Waals surface area contributed by atoms with Crippen molar-refractivity contribution in [3.63, 3.8) is 0 Å². The summed E-state index contributed by atoms with van der Waals surface area (Å²) in [5, 5.41) is 21.7. The monoisotopic (exact) mass is 502 g/mol. The number of Topliss-reactive ketones (excluding diaryl/α,β-unsaturated/α-hetero) is 1. The number of aliphatic hydroxyl groups excluding tert-OH is 1. The molecule has 8 nitrogen and oxygen atoms in total. The standard InChI is InChI=1S/C29H30N2O6/c1-5-36-24-14-20(8-11-23(24)32)26-25(27(33)22-10-9-21(13-18(22)4)37-17(2)3)28(34)29(35)31(26)16-19-7-6-12-30-15-19/h6-15,17,26,32-33H,5,16H2,1-4H3/t26-/m1/s1. The zero-order valence-electron chi connectivity index (χ0n) is 21.3. The summed E-state index contributed by atoms with van der Waals surface area (Å²) in [6.45, 7) is 7.84. The molecule has 37 heavy (non-hydrogen) atoms. The van der Waals surface area contributed by atoms with E-state index in [2.05, 4.69) is 4.98 Å². The second-order valence-electron chi connectivity index (χ2n) is 9.09. The number of aromatic hydroxyl groups is 1. The molecule has 0 saturated carbocycles. The summed E-state index contributed by atoms with van der Waals surface area (Å²) in [6.07, 6.45) is 3.22. The molecule has 0 aliphatic carbocycles. The minimum Gasteiger partial charge on any atom is -0.507 e. The molecule has 4 rings (SSSR count). The van der Waals surface area contributed by atoms with E-state index >= 15 is 0 Å². The number of phenolic OH excluding ortho intramolecular Hbond substituents is 1. The Hall–Kier alpha value is -4.33.